The van der Waals surface area contributed by atoms with Crippen LogP contribution >= 0.6 is 11.8 Å². The molecule has 1 unspecified atom stereocenters. The van der Waals surface area contributed by atoms with Gasteiger partial charge in [0.05, 0.1) is 0 Å². The van der Waals surface area contributed by atoms with Gasteiger partial charge < -0.3 is 10.2 Å². The van der Waals surface area contributed by atoms with Gasteiger partial charge in [-0.25, -0.2) is 0 Å². The highest BCUT2D eigenvalue weighted by Crippen LogP contribution is 2.25. The summed E-state index contributed by atoms with van der Waals surface area (Å²) < 4.78 is 0. The van der Waals surface area contributed by atoms with Gasteiger partial charge in [-0.2, -0.15) is 0 Å². The molecule has 1 aliphatic heterocycles. The molecule has 1 aliphatic carbocycles. The van der Waals surface area contributed by atoms with Gasteiger partial charge in [0.25, 0.3) is 0 Å². The molecule has 3 rings (SSSR count). The largest absolute Gasteiger partial charge is 0.310 e. The van der Waals surface area contributed by atoms with Crippen LogP contribution in [0.4, 0.5) is 0 Å². The summed E-state index contributed by atoms with van der Waals surface area (Å²) in [7, 11) is 2.29. The lowest BCUT2D eigenvalue weighted by Crippen LogP contribution is -2.36. The van der Waals surface area contributed by atoms with Crippen LogP contribution in [0, 0.1) is 0 Å². The first kappa shape index (κ1) is 15.4. The Morgan fingerprint density at radius 3 is 2.95 bits per heavy atom. The van der Waals surface area contributed by atoms with Crippen molar-refractivity contribution in [1.29, 1.82) is 0 Å². The Hall–Kier alpha value is -0.510. The predicted molar refractivity (Wildman–Crippen MR) is 91.9 cm³/mol. The first-order valence-electron chi connectivity index (χ1n) is 8.46. The summed E-state index contributed by atoms with van der Waals surface area (Å²) in [5, 5.41) is 3.60. The van der Waals surface area contributed by atoms with E-state index < -0.39 is 0 Å². The average Bonchev–Trinajstić information content (AvgIpc) is 3.32. The summed E-state index contributed by atoms with van der Waals surface area (Å²) in [6.45, 7) is 2.32. The van der Waals surface area contributed by atoms with E-state index in [1.54, 1.807) is 0 Å². The maximum Gasteiger partial charge on any atom is 0.0208 e. The monoisotopic (exact) mass is 304 g/mol. The van der Waals surface area contributed by atoms with Gasteiger partial charge >= 0.3 is 0 Å². The van der Waals surface area contributed by atoms with Crippen molar-refractivity contribution in [3.8, 4) is 0 Å². The van der Waals surface area contributed by atoms with Gasteiger partial charge in [0.1, 0.15) is 0 Å². The molecule has 21 heavy (non-hydrogen) atoms. The lowest BCUT2D eigenvalue weighted by molar-refractivity contribution is 0.182. The topological polar surface area (TPSA) is 15.3 Å². The Bertz CT molecular complexity index is 445. The van der Waals surface area contributed by atoms with E-state index >= 15 is 0 Å². The van der Waals surface area contributed by atoms with Crippen LogP contribution in [0.1, 0.15) is 44.1 Å². The fourth-order valence-electron chi connectivity index (χ4n) is 3.12. The maximum atomic E-state index is 3.60. The van der Waals surface area contributed by atoms with E-state index in [9.17, 15) is 0 Å². The average molecular weight is 305 g/mol. The van der Waals surface area contributed by atoms with Crippen molar-refractivity contribution in [3.63, 3.8) is 0 Å². The SMILES string of the molecule is CN1CCCCC1CCSc1cccc(CNC2CC2)c1. The Morgan fingerprint density at radius 2 is 2.14 bits per heavy atom. The van der Waals surface area contributed by atoms with Crippen LogP contribution in [-0.4, -0.2) is 36.3 Å². The van der Waals surface area contributed by atoms with E-state index in [1.807, 2.05) is 11.8 Å². The van der Waals surface area contributed by atoms with Crippen LogP contribution in [0.15, 0.2) is 29.2 Å². The number of likely N-dealkylation sites (tertiary alicyclic amines) is 1. The predicted octanol–water partition coefficient (Wildman–Crippen LogP) is 3.91. The fraction of sp³-hybridized carbons (Fsp3) is 0.667. The number of hydrogen-bond donors (Lipinski definition) is 1. The zero-order valence-electron chi connectivity index (χ0n) is 13.2. The molecule has 1 saturated carbocycles. The van der Waals surface area contributed by atoms with Crippen molar-refractivity contribution in [2.75, 3.05) is 19.3 Å². The third-order valence-electron chi connectivity index (χ3n) is 4.71. The molecule has 0 aromatic heterocycles. The highest BCUT2D eigenvalue weighted by molar-refractivity contribution is 7.99. The Kier molecular flexibility index (Phi) is 5.61. The standard InChI is InChI=1S/C18H28N2S/c1-20-11-3-2-6-17(20)10-12-21-18-7-4-5-15(13-18)14-19-16-8-9-16/h4-5,7,13,16-17,19H,2-3,6,8-12,14H2,1H3. The minimum Gasteiger partial charge on any atom is -0.310 e. The molecule has 0 radical (unpaired) electrons. The van der Waals surface area contributed by atoms with E-state index in [-0.39, 0.29) is 0 Å². The Morgan fingerprint density at radius 1 is 1.24 bits per heavy atom. The van der Waals surface area contributed by atoms with Gasteiger partial charge in [0.2, 0.25) is 0 Å². The third-order valence-corrected chi connectivity index (χ3v) is 5.74. The number of hydrogen-bond acceptors (Lipinski definition) is 3. The second-order valence-corrected chi connectivity index (χ2v) is 7.74. The minimum absolute atomic E-state index is 0.795. The molecular weight excluding hydrogens is 276 g/mol. The second kappa shape index (κ2) is 7.66. The van der Waals surface area contributed by atoms with Crippen LogP contribution < -0.4 is 5.32 Å². The molecule has 3 heteroatoms. The van der Waals surface area contributed by atoms with Gasteiger partial charge in [0.15, 0.2) is 0 Å². The first-order valence-corrected chi connectivity index (χ1v) is 9.45. The van der Waals surface area contributed by atoms with Crippen LogP contribution in [-0.2, 0) is 6.54 Å². The molecule has 2 aliphatic rings. The number of benzene rings is 1. The van der Waals surface area contributed by atoms with Crippen molar-refractivity contribution < 1.29 is 0 Å². The first-order chi connectivity index (χ1) is 10.3. The van der Waals surface area contributed by atoms with Crippen LogP contribution in [0.3, 0.4) is 0 Å². The molecule has 0 bridgehead atoms. The maximum absolute atomic E-state index is 3.60. The summed E-state index contributed by atoms with van der Waals surface area (Å²) >= 11 is 2.03. The molecule has 0 spiro atoms. The molecule has 1 aromatic rings. The zero-order chi connectivity index (χ0) is 14.5. The number of thioether (sulfide) groups is 1. The van der Waals surface area contributed by atoms with Crippen molar-refractivity contribution in [3.05, 3.63) is 29.8 Å². The molecule has 1 N–H and O–H groups in total. The third kappa shape index (κ3) is 5.01. The van der Waals surface area contributed by atoms with Crippen molar-refractivity contribution in [2.45, 2.75) is 62.0 Å². The number of rotatable bonds is 7. The summed E-state index contributed by atoms with van der Waals surface area (Å²) in [5.74, 6) is 1.24. The van der Waals surface area contributed by atoms with Crippen molar-refractivity contribution >= 4 is 11.8 Å². The summed E-state index contributed by atoms with van der Waals surface area (Å²) in [6.07, 6.45) is 8.25. The van der Waals surface area contributed by atoms with E-state index in [0.29, 0.717) is 0 Å². The van der Waals surface area contributed by atoms with Gasteiger partial charge in [-0.3, -0.25) is 0 Å². The summed E-state index contributed by atoms with van der Waals surface area (Å²) in [5.41, 5.74) is 1.43. The minimum atomic E-state index is 0.795. The van der Waals surface area contributed by atoms with Gasteiger partial charge in [0, 0.05) is 23.5 Å². The van der Waals surface area contributed by atoms with Crippen molar-refractivity contribution in [2.24, 2.45) is 0 Å². The fourth-order valence-corrected chi connectivity index (χ4v) is 4.15. The molecule has 2 fully saturated rings. The molecular formula is C18H28N2S. The highest BCUT2D eigenvalue weighted by atomic mass is 32.2. The van der Waals surface area contributed by atoms with Gasteiger partial charge in [-0.05, 0) is 69.1 Å². The zero-order valence-corrected chi connectivity index (χ0v) is 14.0. The normalized spacial score (nSPS) is 23.4. The summed E-state index contributed by atoms with van der Waals surface area (Å²) in [4.78, 5) is 3.99. The van der Waals surface area contributed by atoms with E-state index in [0.717, 1.165) is 18.6 Å². The molecule has 1 aromatic carbocycles. The number of piperidine rings is 1. The van der Waals surface area contributed by atoms with Crippen LogP contribution in [0.5, 0.6) is 0 Å². The van der Waals surface area contributed by atoms with Gasteiger partial charge in [-0.15, -0.1) is 11.8 Å². The smallest absolute Gasteiger partial charge is 0.0208 e. The quantitative estimate of drug-likeness (QED) is 0.769. The highest BCUT2D eigenvalue weighted by Gasteiger charge is 2.20. The molecule has 0 amide bonds. The molecule has 116 valence electrons. The number of nitrogens with zero attached hydrogens (tertiary/aromatic N) is 1. The van der Waals surface area contributed by atoms with E-state index in [4.69, 9.17) is 0 Å². The van der Waals surface area contributed by atoms with Gasteiger partial charge in [-0.1, -0.05) is 18.6 Å². The van der Waals surface area contributed by atoms with Crippen molar-refractivity contribution in [1.82, 2.24) is 10.2 Å². The Labute approximate surface area is 133 Å². The molecule has 2 nitrogen and oxygen atoms in total. The molecule has 1 atom stereocenters. The van der Waals surface area contributed by atoms with Crippen LogP contribution in [0.25, 0.3) is 0 Å². The second-order valence-electron chi connectivity index (χ2n) is 6.57. The lowest BCUT2D eigenvalue weighted by atomic mass is 10.0. The molecule has 1 saturated heterocycles. The number of nitrogens with one attached hydrogen (secondary N) is 1. The summed E-state index contributed by atoms with van der Waals surface area (Å²) in [6, 6.07) is 10.7. The van der Waals surface area contributed by atoms with E-state index in [1.165, 1.54) is 61.3 Å². The molecule has 1 heterocycles. The van der Waals surface area contributed by atoms with Crippen LogP contribution in [0.2, 0.25) is 0 Å². The lowest BCUT2D eigenvalue weighted by Gasteiger charge is -2.32. The van der Waals surface area contributed by atoms with E-state index in [2.05, 4.69) is 41.5 Å². The Balaban J connectivity index is 1.42.